The second kappa shape index (κ2) is 10.4. The van der Waals surface area contributed by atoms with Crippen LogP contribution in [0.3, 0.4) is 0 Å². The van der Waals surface area contributed by atoms with Crippen molar-refractivity contribution in [1.82, 2.24) is 20.4 Å². The van der Waals surface area contributed by atoms with Crippen LogP contribution in [0.2, 0.25) is 0 Å². The summed E-state index contributed by atoms with van der Waals surface area (Å²) in [4.78, 5) is 33.4. The number of hydrogen-bond donors (Lipinski definition) is 2. The largest absolute Gasteiger partial charge is 0.357 e. The van der Waals surface area contributed by atoms with E-state index < -0.39 is 0 Å². The number of benzene rings is 2. The highest BCUT2D eigenvalue weighted by molar-refractivity contribution is 6.21. The van der Waals surface area contributed by atoms with Crippen LogP contribution in [0, 0.1) is 0 Å². The Hall–Kier alpha value is -3.19. The number of fused-ring (bicyclic) bond motifs is 1. The SMILES string of the molecule is CCNC(=NCc1ccc(CN2CCCC2)cc1)NCCN1C(=O)c2ccccc2C1=O. The van der Waals surface area contributed by atoms with Gasteiger partial charge in [-0.1, -0.05) is 36.4 Å². The molecule has 4 rings (SSSR count). The van der Waals surface area contributed by atoms with Crippen molar-refractivity contribution >= 4 is 17.8 Å². The quantitative estimate of drug-likeness (QED) is 0.380. The highest BCUT2D eigenvalue weighted by atomic mass is 16.2. The minimum Gasteiger partial charge on any atom is -0.357 e. The van der Waals surface area contributed by atoms with Crippen molar-refractivity contribution in [2.24, 2.45) is 4.99 Å². The van der Waals surface area contributed by atoms with Crippen molar-refractivity contribution in [3.63, 3.8) is 0 Å². The molecule has 2 aromatic rings. The Morgan fingerprint density at radius 2 is 1.53 bits per heavy atom. The highest BCUT2D eigenvalue weighted by Crippen LogP contribution is 2.21. The van der Waals surface area contributed by atoms with Gasteiger partial charge in [-0.15, -0.1) is 0 Å². The van der Waals surface area contributed by atoms with E-state index in [1.54, 1.807) is 24.3 Å². The lowest BCUT2D eigenvalue weighted by Gasteiger charge is -2.16. The van der Waals surface area contributed by atoms with Gasteiger partial charge in [0.2, 0.25) is 0 Å². The molecule has 0 atom stereocenters. The normalized spacial score (nSPS) is 16.5. The minimum absolute atomic E-state index is 0.233. The third-order valence-electron chi connectivity index (χ3n) is 5.90. The Morgan fingerprint density at radius 1 is 0.906 bits per heavy atom. The van der Waals surface area contributed by atoms with Gasteiger partial charge in [-0.25, -0.2) is 4.99 Å². The molecule has 2 N–H and O–H groups in total. The fourth-order valence-electron chi connectivity index (χ4n) is 4.19. The number of aliphatic imine (C=N–C) groups is 1. The van der Waals surface area contributed by atoms with Crippen LogP contribution in [0.5, 0.6) is 0 Å². The number of hydrogen-bond acceptors (Lipinski definition) is 4. The molecule has 1 saturated heterocycles. The lowest BCUT2D eigenvalue weighted by Crippen LogP contribution is -2.43. The zero-order chi connectivity index (χ0) is 22.3. The van der Waals surface area contributed by atoms with E-state index in [4.69, 9.17) is 0 Å². The molecule has 1 fully saturated rings. The number of imide groups is 1. The van der Waals surface area contributed by atoms with Crippen molar-refractivity contribution in [1.29, 1.82) is 0 Å². The van der Waals surface area contributed by atoms with Gasteiger partial charge >= 0.3 is 0 Å². The van der Waals surface area contributed by atoms with E-state index >= 15 is 0 Å². The molecular formula is C25H31N5O2. The van der Waals surface area contributed by atoms with Gasteiger partial charge in [-0.05, 0) is 56.1 Å². The first-order chi connectivity index (χ1) is 15.7. The number of likely N-dealkylation sites (tertiary alicyclic amines) is 1. The molecule has 32 heavy (non-hydrogen) atoms. The molecule has 0 radical (unpaired) electrons. The van der Waals surface area contributed by atoms with Crippen LogP contribution in [0.4, 0.5) is 0 Å². The van der Waals surface area contributed by atoms with Crippen LogP contribution in [0.25, 0.3) is 0 Å². The first kappa shape index (κ1) is 22.0. The van der Waals surface area contributed by atoms with Crippen molar-refractivity contribution in [3.05, 3.63) is 70.8 Å². The summed E-state index contributed by atoms with van der Waals surface area (Å²) >= 11 is 0. The molecule has 2 aromatic carbocycles. The monoisotopic (exact) mass is 433 g/mol. The molecule has 0 aromatic heterocycles. The van der Waals surface area contributed by atoms with Gasteiger partial charge < -0.3 is 10.6 Å². The maximum atomic E-state index is 12.5. The van der Waals surface area contributed by atoms with E-state index in [1.807, 2.05) is 6.92 Å². The van der Waals surface area contributed by atoms with Crippen LogP contribution >= 0.6 is 0 Å². The van der Waals surface area contributed by atoms with Gasteiger partial charge in [0.15, 0.2) is 5.96 Å². The number of guanidine groups is 1. The number of nitrogens with zero attached hydrogens (tertiary/aromatic N) is 3. The van der Waals surface area contributed by atoms with Crippen LogP contribution in [-0.2, 0) is 13.1 Å². The first-order valence-electron chi connectivity index (χ1n) is 11.4. The third-order valence-corrected chi connectivity index (χ3v) is 5.90. The minimum atomic E-state index is -0.233. The summed E-state index contributed by atoms with van der Waals surface area (Å²) in [6.45, 7) is 7.45. The predicted octanol–water partition coefficient (Wildman–Crippen LogP) is 2.63. The van der Waals surface area contributed by atoms with Crippen LogP contribution in [-0.4, -0.2) is 60.3 Å². The van der Waals surface area contributed by atoms with E-state index in [0.717, 1.165) is 18.7 Å². The average Bonchev–Trinajstić information content (AvgIpc) is 3.41. The molecule has 0 saturated carbocycles. The molecular weight excluding hydrogens is 402 g/mol. The summed E-state index contributed by atoms with van der Waals surface area (Å²) in [6, 6.07) is 15.6. The maximum Gasteiger partial charge on any atom is 0.261 e. The van der Waals surface area contributed by atoms with Gasteiger partial charge in [-0.3, -0.25) is 19.4 Å². The molecule has 7 heteroatoms. The van der Waals surface area contributed by atoms with Gasteiger partial charge in [-0.2, -0.15) is 0 Å². The van der Waals surface area contributed by atoms with Gasteiger partial charge in [0, 0.05) is 26.2 Å². The Kier molecular flexibility index (Phi) is 7.17. The summed E-state index contributed by atoms with van der Waals surface area (Å²) in [7, 11) is 0. The molecule has 0 aliphatic carbocycles. The Balaban J connectivity index is 1.29. The second-order valence-electron chi connectivity index (χ2n) is 8.23. The molecule has 0 bridgehead atoms. The van der Waals surface area contributed by atoms with Crippen LogP contribution in [0.1, 0.15) is 51.6 Å². The van der Waals surface area contributed by atoms with Gasteiger partial charge in [0.05, 0.1) is 17.7 Å². The maximum absolute atomic E-state index is 12.5. The Bertz CT molecular complexity index is 945. The molecule has 7 nitrogen and oxygen atoms in total. The summed E-state index contributed by atoms with van der Waals surface area (Å²) < 4.78 is 0. The number of amides is 2. The Morgan fingerprint density at radius 3 is 2.16 bits per heavy atom. The molecule has 2 aliphatic heterocycles. The molecule has 0 unspecified atom stereocenters. The number of carbonyl (C=O) groups is 2. The van der Waals surface area contributed by atoms with Gasteiger partial charge in [0.25, 0.3) is 11.8 Å². The van der Waals surface area contributed by atoms with E-state index in [9.17, 15) is 9.59 Å². The molecule has 2 aliphatic rings. The van der Waals surface area contributed by atoms with E-state index in [1.165, 1.54) is 36.4 Å². The number of rotatable bonds is 8. The van der Waals surface area contributed by atoms with Gasteiger partial charge in [0.1, 0.15) is 0 Å². The summed E-state index contributed by atoms with van der Waals surface area (Å²) in [5.74, 6) is 0.206. The summed E-state index contributed by atoms with van der Waals surface area (Å²) in [6.07, 6.45) is 2.61. The zero-order valence-corrected chi connectivity index (χ0v) is 18.6. The lowest BCUT2D eigenvalue weighted by atomic mass is 10.1. The number of nitrogens with one attached hydrogen (secondary N) is 2. The average molecular weight is 434 g/mol. The van der Waals surface area contributed by atoms with Crippen molar-refractivity contribution < 1.29 is 9.59 Å². The molecule has 2 amide bonds. The smallest absolute Gasteiger partial charge is 0.261 e. The third kappa shape index (κ3) is 5.16. The molecule has 2 heterocycles. The van der Waals surface area contributed by atoms with Crippen molar-refractivity contribution in [2.45, 2.75) is 32.9 Å². The highest BCUT2D eigenvalue weighted by Gasteiger charge is 2.34. The van der Waals surface area contributed by atoms with Crippen LogP contribution < -0.4 is 10.6 Å². The first-order valence-corrected chi connectivity index (χ1v) is 11.4. The fraction of sp³-hybridized carbons (Fsp3) is 0.400. The standard InChI is InChI=1S/C25H31N5O2/c1-2-26-25(27-13-16-30-23(31)21-7-3-4-8-22(21)24(30)32)28-17-19-9-11-20(12-10-19)18-29-14-5-6-15-29/h3-4,7-12H,2,5-6,13-18H2,1H3,(H2,26,27,28). The van der Waals surface area contributed by atoms with Crippen molar-refractivity contribution in [2.75, 3.05) is 32.7 Å². The zero-order valence-electron chi connectivity index (χ0n) is 18.6. The Labute approximate surface area is 189 Å². The summed E-state index contributed by atoms with van der Waals surface area (Å²) in [5, 5.41) is 6.45. The van der Waals surface area contributed by atoms with E-state index in [0.29, 0.717) is 36.7 Å². The molecule has 0 spiro atoms. The second-order valence-corrected chi connectivity index (χ2v) is 8.23. The topological polar surface area (TPSA) is 77.0 Å². The summed E-state index contributed by atoms with van der Waals surface area (Å²) in [5.41, 5.74) is 3.44. The predicted molar refractivity (Wildman–Crippen MR) is 126 cm³/mol. The lowest BCUT2D eigenvalue weighted by molar-refractivity contribution is 0.0657. The van der Waals surface area contributed by atoms with E-state index in [2.05, 4.69) is 44.8 Å². The van der Waals surface area contributed by atoms with Crippen molar-refractivity contribution in [3.8, 4) is 0 Å². The van der Waals surface area contributed by atoms with E-state index in [-0.39, 0.29) is 11.8 Å². The van der Waals surface area contributed by atoms with Crippen LogP contribution in [0.15, 0.2) is 53.5 Å². The number of carbonyl (C=O) groups excluding carboxylic acids is 2. The molecule has 168 valence electrons. The fourth-order valence-corrected chi connectivity index (χ4v) is 4.19.